The molecule has 142 valence electrons. The summed E-state index contributed by atoms with van der Waals surface area (Å²) in [6.07, 6.45) is 4.61. The first-order chi connectivity index (χ1) is 13.3. The molecule has 2 nitrogen and oxygen atoms in total. The number of hydrogen-bond donors (Lipinski definition) is 1. The molecule has 1 aliphatic rings. The van der Waals surface area contributed by atoms with Gasteiger partial charge >= 0.3 is 169 Å². The second kappa shape index (κ2) is 10.1. The third-order valence-electron chi connectivity index (χ3n) is 5.40. The summed E-state index contributed by atoms with van der Waals surface area (Å²) in [5.74, 6) is 3.43. The normalized spacial score (nSPS) is 18.1. The van der Waals surface area contributed by atoms with Crippen molar-refractivity contribution in [1.29, 1.82) is 0 Å². The topological polar surface area (TPSA) is 29.5 Å². The zero-order chi connectivity index (χ0) is 19.0. The van der Waals surface area contributed by atoms with Crippen molar-refractivity contribution >= 4 is 19.4 Å². The molecule has 2 aromatic rings. The summed E-state index contributed by atoms with van der Waals surface area (Å²) >= 11 is 0.101. The van der Waals surface area contributed by atoms with Gasteiger partial charge < -0.3 is 0 Å². The molecule has 0 amide bonds. The Morgan fingerprint density at radius 3 is 2.26 bits per heavy atom. The van der Waals surface area contributed by atoms with E-state index in [-0.39, 0.29) is 26.5 Å². The number of aliphatic hydroxyl groups is 1. The number of ether oxygens (including phenoxy) is 1. The van der Waals surface area contributed by atoms with Gasteiger partial charge in [-0.15, -0.1) is 0 Å². The molecule has 2 aromatic carbocycles. The first-order valence-corrected chi connectivity index (χ1v) is 11.5. The van der Waals surface area contributed by atoms with Crippen LogP contribution in [0.2, 0.25) is 0 Å². The molecule has 0 aromatic heterocycles. The molecule has 0 unspecified atom stereocenters. The fourth-order valence-corrected chi connectivity index (χ4v) is 5.22. The Balaban J connectivity index is 1.88. The minimum absolute atomic E-state index is 0.101. The Bertz CT molecular complexity index is 742. The number of benzene rings is 2. The van der Waals surface area contributed by atoms with Crippen LogP contribution in [0.1, 0.15) is 50.7 Å². The summed E-state index contributed by atoms with van der Waals surface area (Å²) < 4.78 is 7.41. The Kier molecular flexibility index (Phi) is 7.56. The maximum atomic E-state index is 11.4. The van der Waals surface area contributed by atoms with Gasteiger partial charge in [0.2, 0.25) is 0 Å². The molecule has 27 heavy (non-hydrogen) atoms. The molecule has 1 fully saturated rings. The van der Waals surface area contributed by atoms with Crippen LogP contribution in [-0.2, 0) is 4.74 Å². The van der Waals surface area contributed by atoms with Crippen LogP contribution in [0.3, 0.4) is 0 Å². The van der Waals surface area contributed by atoms with Crippen molar-refractivity contribution in [2.24, 2.45) is 5.41 Å². The summed E-state index contributed by atoms with van der Waals surface area (Å²) in [6, 6.07) is 20.4. The molecular weight excluding hydrogens is 399 g/mol. The zero-order valence-corrected chi connectivity index (χ0v) is 17.6. The fraction of sp³-hybridized carbons (Fsp3) is 0.417. The van der Waals surface area contributed by atoms with Gasteiger partial charge in [-0.05, 0) is 0 Å². The predicted molar refractivity (Wildman–Crippen MR) is 112 cm³/mol. The Hall–Kier alpha value is -1.56. The second-order valence-electron chi connectivity index (χ2n) is 7.10. The van der Waals surface area contributed by atoms with Gasteiger partial charge in [0.25, 0.3) is 0 Å². The van der Waals surface area contributed by atoms with Crippen LogP contribution in [0, 0.1) is 16.2 Å². The van der Waals surface area contributed by atoms with E-state index < -0.39 is 6.10 Å². The van der Waals surface area contributed by atoms with Crippen LogP contribution in [0.4, 0.5) is 0 Å². The van der Waals surface area contributed by atoms with Crippen molar-refractivity contribution < 1.29 is 9.84 Å². The molecule has 0 spiro atoms. The van der Waals surface area contributed by atoms with E-state index in [1.54, 1.807) is 0 Å². The standard InChI is InChI=1S/C24H28O2Se/c1-2-26-22(16-19-27-21-14-8-4-9-15-21)24(17-10-5-11-18-24)23(25)20-12-6-3-7-13-20/h3-4,6-9,12-15,22-23,25H,2,5,10-11,17-18H2,1H3/t22-,23+/m0/s1. The van der Waals surface area contributed by atoms with Gasteiger partial charge in [0.05, 0.1) is 0 Å². The molecule has 3 heteroatoms. The molecule has 1 saturated carbocycles. The molecule has 3 rings (SSSR count). The van der Waals surface area contributed by atoms with Crippen molar-refractivity contribution in [2.45, 2.75) is 51.2 Å². The Labute approximate surface area is 169 Å². The van der Waals surface area contributed by atoms with Crippen molar-refractivity contribution in [3.05, 3.63) is 66.2 Å². The minimum atomic E-state index is -0.547. The average molecular weight is 427 g/mol. The molecule has 0 bridgehead atoms. The van der Waals surface area contributed by atoms with Gasteiger partial charge in [0, 0.05) is 0 Å². The molecular formula is C24H28O2Se. The first-order valence-electron chi connectivity index (χ1n) is 9.83. The van der Waals surface area contributed by atoms with Crippen molar-refractivity contribution in [2.75, 3.05) is 6.61 Å². The van der Waals surface area contributed by atoms with Gasteiger partial charge in [-0.2, -0.15) is 0 Å². The monoisotopic (exact) mass is 428 g/mol. The van der Waals surface area contributed by atoms with Gasteiger partial charge in [-0.25, -0.2) is 0 Å². The van der Waals surface area contributed by atoms with Crippen LogP contribution in [0.25, 0.3) is 0 Å². The van der Waals surface area contributed by atoms with E-state index in [9.17, 15) is 5.11 Å². The molecule has 1 N–H and O–H groups in total. The molecule has 1 aliphatic carbocycles. The van der Waals surface area contributed by atoms with E-state index in [0.29, 0.717) is 6.61 Å². The van der Waals surface area contributed by atoms with Gasteiger partial charge in [-0.3, -0.25) is 0 Å². The quantitative estimate of drug-likeness (QED) is 0.557. The summed E-state index contributed by atoms with van der Waals surface area (Å²) in [6.45, 7) is 2.63. The third-order valence-corrected chi connectivity index (χ3v) is 6.93. The molecule has 2 atom stereocenters. The van der Waals surface area contributed by atoms with Crippen LogP contribution in [0.5, 0.6) is 0 Å². The van der Waals surface area contributed by atoms with Gasteiger partial charge in [0.15, 0.2) is 0 Å². The Morgan fingerprint density at radius 1 is 1.00 bits per heavy atom. The zero-order valence-electron chi connectivity index (χ0n) is 15.9. The number of hydrogen-bond acceptors (Lipinski definition) is 2. The van der Waals surface area contributed by atoms with Gasteiger partial charge in [0.1, 0.15) is 0 Å². The molecule has 0 heterocycles. The second-order valence-corrected chi connectivity index (χ2v) is 8.95. The number of rotatable bonds is 6. The summed E-state index contributed by atoms with van der Waals surface area (Å²) in [5.41, 5.74) is 0.648. The van der Waals surface area contributed by atoms with Crippen LogP contribution in [0.15, 0.2) is 60.7 Å². The SMILES string of the molecule is CCO[C@@H](C#C[Se]c1ccccc1)C1([C@H](O)c2ccccc2)CCCCC1. The third kappa shape index (κ3) is 5.03. The molecule has 0 radical (unpaired) electrons. The maximum absolute atomic E-state index is 11.4. The van der Waals surface area contributed by atoms with Crippen molar-refractivity contribution in [1.82, 2.24) is 0 Å². The summed E-state index contributed by atoms with van der Waals surface area (Å²) in [7, 11) is 0. The first kappa shape index (κ1) is 20.2. The van der Waals surface area contributed by atoms with E-state index in [1.165, 1.54) is 10.9 Å². The van der Waals surface area contributed by atoms with Crippen LogP contribution >= 0.6 is 0 Å². The Morgan fingerprint density at radius 2 is 1.63 bits per heavy atom. The molecule has 0 saturated heterocycles. The van der Waals surface area contributed by atoms with Crippen LogP contribution in [-0.4, -0.2) is 32.8 Å². The van der Waals surface area contributed by atoms with E-state index in [4.69, 9.17) is 4.74 Å². The molecule has 0 aliphatic heterocycles. The van der Waals surface area contributed by atoms with E-state index in [0.717, 1.165) is 31.2 Å². The summed E-state index contributed by atoms with van der Waals surface area (Å²) in [5, 5.41) is 11.4. The van der Waals surface area contributed by atoms with Crippen LogP contribution < -0.4 is 4.46 Å². The number of aliphatic hydroxyl groups excluding tert-OH is 1. The van der Waals surface area contributed by atoms with E-state index >= 15 is 0 Å². The van der Waals surface area contributed by atoms with Gasteiger partial charge in [-0.1, -0.05) is 0 Å². The van der Waals surface area contributed by atoms with E-state index in [2.05, 4.69) is 35.0 Å². The summed E-state index contributed by atoms with van der Waals surface area (Å²) in [4.78, 5) is 3.39. The van der Waals surface area contributed by atoms with E-state index in [1.807, 2.05) is 43.3 Å². The average Bonchev–Trinajstić information content (AvgIpc) is 2.74. The fourth-order valence-electron chi connectivity index (χ4n) is 4.00. The van der Waals surface area contributed by atoms with Crippen molar-refractivity contribution in [3.8, 4) is 10.7 Å². The predicted octanol–water partition coefficient (Wildman–Crippen LogP) is 4.07. The van der Waals surface area contributed by atoms with Crippen molar-refractivity contribution in [3.63, 3.8) is 0 Å².